The molecular formula is C24H29N7O3. The lowest BCUT2D eigenvalue weighted by atomic mass is 10.2. The SMILES string of the molecule is CCOc1cc(OC)cc2ncnc(Nc3ccc(NC(=O)CN4C=C(C(C)C)NN4)cc3)c12. The number of hydrogen-bond donors (Lipinski definition) is 4. The third kappa shape index (κ3) is 5.29. The van der Waals surface area contributed by atoms with Gasteiger partial charge < -0.3 is 25.5 Å². The fourth-order valence-electron chi connectivity index (χ4n) is 3.49. The summed E-state index contributed by atoms with van der Waals surface area (Å²) in [6, 6.07) is 11.1. The number of nitrogens with one attached hydrogen (secondary N) is 4. The van der Waals surface area contributed by atoms with Crippen LogP contribution in [0.25, 0.3) is 10.9 Å². The number of hydrazine groups is 2. The van der Waals surface area contributed by atoms with Gasteiger partial charge in [0, 0.05) is 35.4 Å². The lowest BCUT2D eigenvalue weighted by molar-refractivity contribution is -0.117. The summed E-state index contributed by atoms with van der Waals surface area (Å²) in [5.41, 5.74) is 9.28. The van der Waals surface area contributed by atoms with Crippen LogP contribution in [-0.2, 0) is 4.79 Å². The predicted octanol–water partition coefficient (Wildman–Crippen LogP) is 3.54. The molecule has 1 aromatic heterocycles. The Morgan fingerprint density at radius 3 is 2.59 bits per heavy atom. The number of fused-ring (bicyclic) bond motifs is 1. The van der Waals surface area contributed by atoms with Crippen LogP contribution in [0.1, 0.15) is 20.8 Å². The van der Waals surface area contributed by atoms with Gasteiger partial charge in [-0.1, -0.05) is 13.8 Å². The Kier molecular flexibility index (Phi) is 6.98. The highest BCUT2D eigenvalue weighted by molar-refractivity contribution is 5.97. The number of methoxy groups -OCH3 is 1. The summed E-state index contributed by atoms with van der Waals surface area (Å²) in [7, 11) is 1.61. The van der Waals surface area contributed by atoms with E-state index in [9.17, 15) is 4.79 Å². The van der Waals surface area contributed by atoms with Gasteiger partial charge in [0.05, 0.1) is 24.6 Å². The summed E-state index contributed by atoms with van der Waals surface area (Å²) in [5, 5.41) is 8.71. The van der Waals surface area contributed by atoms with Crippen molar-refractivity contribution in [1.29, 1.82) is 0 Å². The van der Waals surface area contributed by atoms with E-state index in [0.29, 0.717) is 41.0 Å². The van der Waals surface area contributed by atoms with E-state index in [1.165, 1.54) is 6.33 Å². The van der Waals surface area contributed by atoms with E-state index in [1.54, 1.807) is 12.1 Å². The fourth-order valence-corrected chi connectivity index (χ4v) is 3.49. The zero-order valence-electron chi connectivity index (χ0n) is 19.7. The molecule has 0 radical (unpaired) electrons. The molecule has 178 valence electrons. The highest BCUT2D eigenvalue weighted by Crippen LogP contribution is 2.35. The van der Waals surface area contributed by atoms with Gasteiger partial charge in [-0.3, -0.25) is 9.80 Å². The number of amides is 1. The zero-order valence-corrected chi connectivity index (χ0v) is 19.7. The van der Waals surface area contributed by atoms with Crippen molar-refractivity contribution in [2.75, 3.05) is 30.9 Å². The predicted molar refractivity (Wildman–Crippen MR) is 132 cm³/mol. The molecule has 0 aliphatic carbocycles. The van der Waals surface area contributed by atoms with E-state index in [1.807, 2.05) is 49.5 Å². The van der Waals surface area contributed by atoms with Crippen molar-refractivity contribution in [3.8, 4) is 11.5 Å². The molecule has 3 aromatic rings. The van der Waals surface area contributed by atoms with Crippen molar-refractivity contribution in [1.82, 2.24) is 25.9 Å². The van der Waals surface area contributed by atoms with Crippen molar-refractivity contribution < 1.29 is 14.3 Å². The average molecular weight is 464 g/mol. The largest absolute Gasteiger partial charge is 0.497 e. The maximum absolute atomic E-state index is 12.4. The molecule has 0 unspecified atom stereocenters. The highest BCUT2D eigenvalue weighted by Gasteiger charge is 2.17. The number of aromatic nitrogens is 2. The van der Waals surface area contributed by atoms with Crippen LogP contribution in [0.2, 0.25) is 0 Å². The van der Waals surface area contributed by atoms with Crippen LogP contribution in [0, 0.1) is 5.92 Å². The number of ether oxygens (including phenoxy) is 2. The maximum Gasteiger partial charge on any atom is 0.245 e. The lowest BCUT2D eigenvalue weighted by Gasteiger charge is -2.15. The van der Waals surface area contributed by atoms with Gasteiger partial charge in [-0.2, -0.15) is 0 Å². The minimum Gasteiger partial charge on any atom is -0.497 e. The van der Waals surface area contributed by atoms with Gasteiger partial charge in [-0.25, -0.2) is 9.97 Å². The first kappa shape index (κ1) is 23.1. The van der Waals surface area contributed by atoms with Crippen LogP contribution < -0.4 is 31.1 Å². The summed E-state index contributed by atoms with van der Waals surface area (Å²) < 4.78 is 11.2. The van der Waals surface area contributed by atoms with Crippen LogP contribution in [0.15, 0.2) is 54.6 Å². The Hall–Kier alpha value is -4.05. The molecule has 34 heavy (non-hydrogen) atoms. The van der Waals surface area contributed by atoms with Crippen LogP contribution >= 0.6 is 0 Å². The maximum atomic E-state index is 12.4. The van der Waals surface area contributed by atoms with Gasteiger partial charge in [0.25, 0.3) is 0 Å². The molecule has 10 heteroatoms. The number of hydrogen-bond acceptors (Lipinski definition) is 9. The van der Waals surface area contributed by atoms with E-state index >= 15 is 0 Å². The first-order chi connectivity index (χ1) is 16.5. The Balaban J connectivity index is 1.45. The van der Waals surface area contributed by atoms with Gasteiger partial charge >= 0.3 is 0 Å². The molecule has 1 aliphatic rings. The molecule has 4 rings (SSSR count). The standard InChI is InChI=1S/C24H29N7O3/c1-5-34-21-11-18(33-4)10-19-23(21)24(26-14-25-19)28-17-8-6-16(7-9-17)27-22(32)13-31-12-20(15(2)3)29-30-31/h6-12,14-15,29-30H,5,13H2,1-4H3,(H,27,32)(H,25,26,28). The van der Waals surface area contributed by atoms with Crippen LogP contribution in [0.4, 0.5) is 17.2 Å². The molecular weight excluding hydrogens is 434 g/mol. The summed E-state index contributed by atoms with van der Waals surface area (Å²) in [6.45, 7) is 6.77. The number of carbonyl (C=O) groups is 1. The smallest absolute Gasteiger partial charge is 0.245 e. The van der Waals surface area contributed by atoms with Crippen LogP contribution in [-0.4, -0.2) is 41.1 Å². The van der Waals surface area contributed by atoms with Crippen LogP contribution in [0.5, 0.6) is 11.5 Å². The number of nitrogens with zero attached hydrogens (tertiary/aromatic N) is 3. The first-order valence-corrected chi connectivity index (χ1v) is 11.1. The van der Waals surface area contributed by atoms with Gasteiger partial charge in [0.2, 0.25) is 5.91 Å². The third-order valence-corrected chi connectivity index (χ3v) is 5.22. The topological polar surface area (TPSA) is 113 Å². The lowest BCUT2D eigenvalue weighted by Crippen LogP contribution is -2.41. The first-order valence-electron chi connectivity index (χ1n) is 11.1. The molecule has 0 fully saturated rings. The monoisotopic (exact) mass is 463 g/mol. The highest BCUT2D eigenvalue weighted by atomic mass is 16.5. The fraction of sp³-hybridized carbons (Fsp3) is 0.292. The molecule has 0 bridgehead atoms. The molecule has 0 atom stereocenters. The minimum atomic E-state index is -0.131. The van der Waals surface area contributed by atoms with Crippen molar-refractivity contribution in [2.45, 2.75) is 20.8 Å². The number of anilines is 3. The second-order valence-corrected chi connectivity index (χ2v) is 8.03. The normalized spacial score (nSPS) is 13.0. The summed E-state index contributed by atoms with van der Waals surface area (Å²) in [4.78, 5) is 21.2. The summed E-state index contributed by atoms with van der Waals surface area (Å²) in [5.74, 6) is 2.14. The van der Waals surface area contributed by atoms with Crippen molar-refractivity contribution in [3.63, 3.8) is 0 Å². The Bertz CT molecular complexity index is 1200. The average Bonchev–Trinajstić information content (AvgIpc) is 3.29. The van der Waals surface area contributed by atoms with Gasteiger partial charge in [0.1, 0.15) is 30.2 Å². The molecule has 2 aromatic carbocycles. The number of benzene rings is 2. The van der Waals surface area contributed by atoms with E-state index in [-0.39, 0.29) is 12.5 Å². The molecule has 0 spiro atoms. The molecule has 1 aliphatic heterocycles. The molecule has 0 saturated heterocycles. The number of allylic oxidation sites excluding steroid dienone is 1. The molecule has 4 N–H and O–H groups in total. The summed E-state index contributed by atoms with van der Waals surface area (Å²) in [6.07, 6.45) is 3.39. The van der Waals surface area contributed by atoms with E-state index in [0.717, 1.165) is 16.8 Å². The second kappa shape index (κ2) is 10.3. The number of carbonyl (C=O) groups excluding carboxylic acids is 1. The quantitative estimate of drug-likeness (QED) is 0.378. The van der Waals surface area contributed by atoms with Gasteiger partial charge in [-0.15, -0.1) is 5.53 Å². The Morgan fingerprint density at radius 2 is 1.91 bits per heavy atom. The van der Waals surface area contributed by atoms with Crippen molar-refractivity contribution >= 4 is 34.0 Å². The molecule has 10 nitrogen and oxygen atoms in total. The zero-order chi connectivity index (χ0) is 24.1. The van der Waals surface area contributed by atoms with Crippen molar-refractivity contribution in [2.24, 2.45) is 5.92 Å². The Labute approximate surface area is 198 Å². The van der Waals surface area contributed by atoms with E-state index in [2.05, 4.69) is 45.4 Å². The summed E-state index contributed by atoms with van der Waals surface area (Å²) >= 11 is 0. The van der Waals surface area contributed by atoms with Gasteiger partial charge in [-0.05, 0) is 37.1 Å². The molecule has 2 heterocycles. The van der Waals surface area contributed by atoms with E-state index < -0.39 is 0 Å². The third-order valence-electron chi connectivity index (χ3n) is 5.22. The minimum absolute atomic E-state index is 0.131. The second-order valence-electron chi connectivity index (χ2n) is 8.03. The molecule has 1 amide bonds. The van der Waals surface area contributed by atoms with Crippen LogP contribution in [0.3, 0.4) is 0 Å². The molecule has 0 saturated carbocycles. The van der Waals surface area contributed by atoms with E-state index in [4.69, 9.17) is 9.47 Å². The Morgan fingerprint density at radius 1 is 1.15 bits per heavy atom. The number of rotatable bonds is 9. The van der Waals surface area contributed by atoms with Crippen molar-refractivity contribution in [3.05, 3.63) is 54.6 Å². The van der Waals surface area contributed by atoms with Gasteiger partial charge in [0.15, 0.2) is 0 Å².